The number of amides is 1. The molecule has 2 aromatic rings. The Labute approximate surface area is 135 Å². The van der Waals surface area contributed by atoms with Crippen molar-refractivity contribution in [2.45, 2.75) is 12.5 Å². The molecule has 1 aliphatic heterocycles. The molecule has 0 bridgehead atoms. The lowest BCUT2D eigenvalue weighted by molar-refractivity contribution is 0.0776. The zero-order chi connectivity index (χ0) is 15.5. The predicted octanol–water partition coefficient (Wildman–Crippen LogP) is 2.36. The summed E-state index contributed by atoms with van der Waals surface area (Å²) in [5.41, 5.74) is 0.150. The van der Waals surface area contributed by atoms with E-state index in [0.717, 1.165) is 0 Å². The molecule has 0 unspecified atom stereocenters. The summed E-state index contributed by atoms with van der Waals surface area (Å²) in [5, 5.41) is 8.98. The van der Waals surface area contributed by atoms with Gasteiger partial charge in [0.15, 0.2) is 0 Å². The van der Waals surface area contributed by atoms with Crippen molar-refractivity contribution >= 4 is 28.8 Å². The van der Waals surface area contributed by atoms with Crippen LogP contribution >= 0.6 is 22.9 Å². The van der Waals surface area contributed by atoms with Gasteiger partial charge >= 0.3 is 0 Å². The number of carbonyl (C=O) groups is 1. The fourth-order valence-electron chi connectivity index (χ4n) is 2.24. The number of halogens is 1. The van der Waals surface area contributed by atoms with Gasteiger partial charge in [0.05, 0.1) is 15.8 Å². The molecule has 3 heterocycles. The van der Waals surface area contributed by atoms with E-state index in [0.29, 0.717) is 28.7 Å². The van der Waals surface area contributed by atoms with Gasteiger partial charge in [0.1, 0.15) is 12.2 Å². The maximum atomic E-state index is 12.3. The fraction of sp³-hybridized carbons (Fsp3) is 0.286. The van der Waals surface area contributed by atoms with Crippen LogP contribution < -0.4 is 4.74 Å². The standard InChI is InChI=1S/C14H11ClN4O2S/c15-12-2-1-11(22-12)14(20)19-6-3-9(8-19)21-13-10(7-16)17-4-5-18-13/h1-2,4-5,9H,3,6,8H2/t9-/m1/s1. The number of thiophene rings is 1. The van der Waals surface area contributed by atoms with Crippen molar-refractivity contribution in [1.82, 2.24) is 14.9 Å². The Balaban J connectivity index is 1.65. The molecule has 0 aliphatic carbocycles. The quantitative estimate of drug-likeness (QED) is 0.860. The molecule has 1 amide bonds. The van der Waals surface area contributed by atoms with Crippen LogP contribution in [0.4, 0.5) is 0 Å². The van der Waals surface area contributed by atoms with E-state index < -0.39 is 0 Å². The van der Waals surface area contributed by atoms with Gasteiger partial charge in [-0.05, 0) is 12.1 Å². The average Bonchev–Trinajstić information content (AvgIpc) is 3.16. The van der Waals surface area contributed by atoms with Gasteiger partial charge in [0.2, 0.25) is 5.69 Å². The first-order valence-electron chi connectivity index (χ1n) is 6.59. The van der Waals surface area contributed by atoms with Crippen LogP contribution in [-0.4, -0.2) is 40.0 Å². The molecule has 2 aromatic heterocycles. The van der Waals surface area contributed by atoms with Crippen molar-refractivity contribution in [3.05, 3.63) is 39.4 Å². The van der Waals surface area contributed by atoms with Gasteiger partial charge in [0, 0.05) is 25.4 Å². The van der Waals surface area contributed by atoms with E-state index in [-0.39, 0.29) is 23.6 Å². The molecule has 6 nitrogen and oxygen atoms in total. The summed E-state index contributed by atoms with van der Waals surface area (Å²) in [6.07, 6.45) is 3.41. The Bertz CT molecular complexity index is 742. The molecule has 1 fully saturated rings. The van der Waals surface area contributed by atoms with Crippen LogP contribution in [0.1, 0.15) is 21.8 Å². The van der Waals surface area contributed by atoms with E-state index in [1.165, 1.54) is 23.7 Å². The Morgan fingerprint density at radius 3 is 3.00 bits per heavy atom. The van der Waals surface area contributed by atoms with E-state index in [1.807, 2.05) is 6.07 Å². The van der Waals surface area contributed by atoms with Crippen molar-refractivity contribution in [2.24, 2.45) is 0 Å². The molecule has 112 valence electrons. The van der Waals surface area contributed by atoms with Gasteiger partial charge in [-0.2, -0.15) is 5.26 Å². The monoisotopic (exact) mass is 334 g/mol. The minimum absolute atomic E-state index is 0.0531. The summed E-state index contributed by atoms with van der Waals surface area (Å²) in [7, 11) is 0. The third-order valence-corrected chi connectivity index (χ3v) is 4.48. The van der Waals surface area contributed by atoms with Crippen molar-refractivity contribution in [3.63, 3.8) is 0 Å². The first kappa shape index (κ1) is 14.8. The first-order chi connectivity index (χ1) is 10.7. The maximum Gasteiger partial charge on any atom is 0.264 e. The Morgan fingerprint density at radius 2 is 2.27 bits per heavy atom. The number of nitrogens with zero attached hydrogens (tertiary/aromatic N) is 4. The van der Waals surface area contributed by atoms with E-state index >= 15 is 0 Å². The van der Waals surface area contributed by atoms with Crippen LogP contribution in [0.25, 0.3) is 0 Å². The number of carbonyl (C=O) groups excluding carboxylic acids is 1. The highest BCUT2D eigenvalue weighted by molar-refractivity contribution is 7.17. The number of rotatable bonds is 3. The highest BCUT2D eigenvalue weighted by Gasteiger charge is 2.29. The third-order valence-electron chi connectivity index (χ3n) is 3.27. The van der Waals surface area contributed by atoms with Crippen molar-refractivity contribution in [1.29, 1.82) is 5.26 Å². The van der Waals surface area contributed by atoms with Crippen LogP contribution in [-0.2, 0) is 0 Å². The summed E-state index contributed by atoms with van der Waals surface area (Å²) in [6, 6.07) is 5.37. The minimum Gasteiger partial charge on any atom is -0.470 e. The third kappa shape index (κ3) is 3.03. The summed E-state index contributed by atoms with van der Waals surface area (Å²) in [6.45, 7) is 1.05. The fourth-order valence-corrected chi connectivity index (χ4v) is 3.25. The second-order valence-electron chi connectivity index (χ2n) is 4.71. The average molecular weight is 335 g/mol. The lowest BCUT2D eigenvalue weighted by atomic mass is 10.3. The summed E-state index contributed by atoms with van der Waals surface area (Å²) < 4.78 is 6.30. The topological polar surface area (TPSA) is 79.1 Å². The molecule has 1 saturated heterocycles. The molecule has 1 atom stereocenters. The maximum absolute atomic E-state index is 12.3. The van der Waals surface area contributed by atoms with Gasteiger partial charge < -0.3 is 9.64 Å². The van der Waals surface area contributed by atoms with Crippen LogP contribution in [0, 0.1) is 11.3 Å². The summed E-state index contributed by atoms with van der Waals surface area (Å²) >= 11 is 7.12. The van der Waals surface area contributed by atoms with Gasteiger partial charge in [0.25, 0.3) is 11.8 Å². The van der Waals surface area contributed by atoms with Gasteiger partial charge in [-0.15, -0.1) is 11.3 Å². The Kier molecular flexibility index (Phi) is 4.22. The van der Waals surface area contributed by atoms with Crippen LogP contribution in [0.15, 0.2) is 24.5 Å². The van der Waals surface area contributed by atoms with Crippen LogP contribution in [0.5, 0.6) is 5.88 Å². The van der Waals surface area contributed by atoms with Crippen LogP contribution in [0.3, 0.4) is 0 Å². The zero-order valence-electron chi connectivity index (χ0n) is 11.4. The normalized spacial score (nSPS) is 17.3. The molecule has 0 N–H and O–H groups in total. The number of aromatic nitrogens is 2. The van der Waals surface area contributed by atoms with Crippen molar-refractivity contribution in [3.8, 4) is 11.9 Å². The highest BCUT2D eigenvalue weighted by Crippen LogP contribution is 2.25. The minimum atomic E-state index is -0.191. The second kappa shape index (κ2) is 6.30. The second-order valence-corrected chi connectivity index (χ2v) is 6.42. The molecule has 3 rings (SSSR count). The summed E-state index contributed by atoms with van der Waals surface area (Å²) in [5.74, 6) is 0.158. The van der Waals surface area contributed by atoms with E-state index in [1.54, 1.807) is 17.0 Å². The van der Waals surface area contributed by atoms with Crippen molar-refractivity contribution in [2.75, 3.05) is 13.1 Å². The Hall–Kier alpha value is -2.17. The molecule has 0 spiro atoms. The van der Waals surface area contributed by atoms with E-state index in [9.17, 15) is 4.79 Å². The molecular weight excluding hydrogens is 324 g/mol. The van der Waals surface area contributed by atoms with Crippen LogP contribution in [0.2, 0.25) is 4.34 Å². The first-order valence-corrected chi connectivity index (χ1v) is 7.79. The number of likely N-dealkylation sites (tertiary alicyclic amines) is 1. The number of nitriles is 1. The Morgan fingerprint density at radius 1 is 1.45 bits per heavy atom. The van der Waals surface area contributed by atoms with Gasteiger partial charge in [-0.25, -0.2) is 9.97 Å². The smallest absolute Gasteiger partial charge is 0.264 e. The number of hydrogen-bond donors (Lipinski definition) is 0. The molecular formula is C14H11ClN4O2S. The lowest BCUT2D eigenvalue weighted by Gasteiger charge is -2.16. The molecule has 8 heteroatoms. The van der Waals surface area contributed by atoms with Gasteiger partial charge in [-0.1, -0.05) is 11.6 Å². The highest BCUT2D eigenvalue weighted by atomic mass is 35.5. The number of ether oxygens (including phenoxy) is 1. The molecule has 22 heavy (non-hydrogen) atoms. The van der Waals surface area contributed by atoms with Gasteiger partial charge in [-0.3, -0.25) is 4.79 Å². The summed E-state index contributed by atoms with van der Waals surface area (Å²) in [4.78, 5) is 22.6. The molecule has 0 saturated carbocycles. The molecule has 0 aromatic carbocycles. The largest absolute Gasteiger partial charge is 0.470 e. The number of hydrogen-bond acceptors (Lipinski definition) is 6. The lowest BCUT2D eigenvalue weighted by Crippen LogP contribution is -2.30. The zero-order valence-corrected chi connectivity index (χ0v) is 13.0. The SMILES string of the molecule is N#Cc1nccnc1O[C@@H]1CCN(C(=O)c2ccc(Cl)s2)C1. The van der Waals surface area contributed by atoms with E-state index in [2.05, 4.69) is 9.97 Å². The molecule has 0 radical (unpaired) electrons. The van der Waals surface area contributed by atoms with E-state index in [4.69, 9.17) is 21.6 Å². The predicted molar refractivity (Wildman–Crippen MR) is 81.0 cm³/mol. The molecule has 1 aliphatic rings. The van der Waals surface area contributed by atoms with Crippen molar-refractivity contribution < 1.29 is 9.53 Å².